The Hall–Kier alpha value is -0.950. The van der Waals surface area contributed by atoms with Crippen LogP contribution in [0.4, 0.5) is 0 Å². The van der Waals surface area contributed by atoms with Gasteiger partial charge in [0.25, 0.3) is 10.2 Å². The number of nitrogens with zero attached hydrogens (tertiary/aromatic N) is 2. The molecule has 2 aliphatic heterocycles. The lowest BCUT2D eigenvalue weighted by Crippen LogP contribution is -2.45. The highest BCUT2D eigenvalue weighted by atomic mass is 32.2. The minimum absolute atomic E-state index is 0.223. The molecule has 19 heavy (non-hydrogen) atoms. The fraction of sp³-hybridized carbons (Fsp3) is 0.538. The number of hydrogen-bond donors (Lipinski definition) is 1. The van der Waals surface area contributed by atoms with Crippen LogP contribution in [0.2, 0.25) is 0 Å². The highest BCUT2D eigenvalue weighted by molar-refractivity contribution is 7.86. The summed E-state index contributed by atoms with van der Waals surface area (Å²) in [5, 5.41) is 9.49. The van der Waals surface area contributed by atoms with Crippen molar-refractivity contribution < 1.29 is 13.5 Å². The lowest BCUT2D eigenvalue weighted by Gasteiger charge is -2.31. The molecule has 0 spiro atoms. The second-order valence-corrected chi connectivity index (χ2v) is 7.09. The molecule has 1 aromatic carbocycles. The van der Waals surface area contributed by atoms with E-state index in [0.717, 1.165) is 12.0 Å². The highest BCUT2D eigenvalue weighted by Crippen LogP contribution is 2.24. The Kier molecular flexibility index (Phi) is 3.34. The fourth-order valence-electron chi connectivity index (χ4n) is 2.75. The number of rotatable bonds is 2. The molecule has 1 unspecified atom stereocenters. The number of fused-ring (bicyclic) bond motifs is 1. The van der Waals surface area contributed by atoms with Crippen LogP contribution in [0.1, 0.15) is 17.5 Å². The molecule has 3 rings (SSSR count). The Morgan fingerprint density at radius 3 is 2.53 bits per heavy atom. The van der Waals surface area contributed by atoms with Gasteiger partial charge >= 0.3 is 0 Å². The first-order valence-corrected chi connectivity index (χ1v) is 7.97. The van der Waals surface area contributed by atoms with Gasteiger partial charge in [0.05, 0.1) is 6.10 Å². The van der Waals surface area contributed by atoms with Crippen LogP contribution in [0, 0.1) is 0 Å². The third kappa shape index (κ3) is 2.41. The second-order valence-electron chi connectivity index (χ2n) is 5.16. The van der Waals surface area contributed by atoms with Crippen molar-refractivity contribution >= 4 is 10.2 Å². The van der Waals surface area contributed by atoms with E-state index >= 15 is 0 Å². The normalized spacial score (nSPS) is 25.4. The van der Waals surface area contributed by atoms with Gasteiger partial charge in [0, 0.05) is 26.2 Å². The molecule has 0 aromatic heterocycles. The molecule has 2 aliphatic rings. The summed E-state index contributed by atoms with van der Waals surface area (Å²) in [6, 6.07) is 7.96. The molecule has 104 valence electrons. The minimum Gasteiger partial charge on any atom is -0.392 e. The van der Waals surface area contributed by atoms with Crippen LogP contribution in [0.5, 0.6) is 0 Å². The summed E-state index contributed by atoms with van der Waals surface area (Å²) >= 11 is 0. The van der Waals surface area contributed by atoms with Gasteiger partial charge < -0.3 is 5.11 Å². The minimum atomic E-state index is -3.43. The average Bonchev–Trinajstić information content (AvgIpc) is 2.85. The first-order chi connectivity index (χ1) is 9.07. The standard InChI is InChI=1S/C13H18N2O3S/c16-13-6-8-15(10-13)19(17,18)14-7-5-11-3-1-2-4-12(11)9-14/h1-4,13,16H,5-10H2. The van der Waals surface area contributed by atoms with Crippen LogP contribution in [-0.4, -0.2) is 47.9 Å². The van der Waals surface area contributed by atoms with Gasteiger partial charge in [-0.1, -0.05) is 24.3 Å². The van der Waals surface area contributed by atoms with Crippen molar-refractivity contribution in [1.82, 2.24) is 8.61 Å². The largest absolute Gasteiger partial charge is 0.392 e. The van der Waals surface area contributed by atoms with Gasteiger partial charge in [-0.2, -0.15) is 17.0 Å². The zero-order valence-electron chi connectivity index (χ0n) is 10.7. The van der Waals surface area contributed by atoms with E-state index in [2.05, 4.69) is 6.07 Å². The molecule has 0 radical (unpaired) electrons. The summed E-state index contributed by atoms with van der Waals surface area (Å²) in [6.45, 7) is 1.60. The lowest BCUT2D eigenvalue weighted by atomic mass is 10.0. The van der Waals surface area contributed by atoms with Gasteiger partial charge in [0.1, 0.15) is 0 Å². The molecular weight excluding hydrogens is 264 g/mol. The fourth-order valence-corrected chi connectivity index (χ4v) is 4.40. The van der Waals surface area contributed by atoms with Crippen LogP contribution in [0.25, 0.3) is 0 Å². The van der Waals surface area contributed by atoms with Gasteiger partial charge in [-0.3, -0.25) is 0 Å². The third-order valence-electron chi connectivity index (χ3n) is 3.87. The molecule has 1 N–H and O–H groups in total. The molecule has 0 bridgehead atoms. The van der Waals surface area contributed by atoms with Gasteiger partial charge in [0.15, 0.2) is 0 Å². The molecular formula is C13H18N2O3S. The average molecular weight is 282 g/mol. The van der Waals surface area contributed by atoms with Crippen molar-refractivity contribution in [2.75, 3.05) is 19.6 Å². The monoisotopic (exact) mass is 282 g/mol. The van der Waals surface area contributed by atoms with Gasteiger partial charge in [0.2, 0.25) is 0 Å². The lowest BCUT2D eigenvalue weighted by molar-refractivity contribution is 0.187. The van der Waals surface area contributed by atoms with Crippen LogP contribution in [0.3, 0.4) is 0 Å². The maximum absolute atomic E-state index is 12.5. The van der Waals surface area contributed by atoms with Crippen molar-refractivity contribution in [3.05, 3.63) is 35.4 Å². The van der Waals surface area contributed by atoms with E-state index in [0.29, 0.717) is 26.1 Å². The van der Waals surface area contributed by atoms with Crippen LogP contribution in [-0.2, 0) is 23.2 Å². The van der Waals surface area contributed by atoms with Crippen LogP contribution >= 0.6 is 0 Å². The van der Waals surface area contributed by atoms with Gasteiger partial charge in [-0.05, 0) is 24.0 Å². The summed E-state index contributed by atoms with van der Waals surface area (Å²) in [7, 11) is -3.43. The Bertz CT molecular complexity index is 573. The Labute approximate surface area is 113 Å². The molecule has 6 heteroatoms. The van der Waals surface area contributed by atoms with Crippen LogP contribution < -0.4 is 0 Å². The number of benzene rings is 1. The Morgan fingerprint density at radius 1 is 1.11 bits per heavy atom. The summed E-state index contributed by atoms with van der Waals surface area (Å²) in [6.07, 6.45) is 0.766. The second kappa shape index (κ2) is 4.86. The van der Waals surface area contributed by atoms with E-state index < -0.39 is 16.3 Å². The summed E-state index contributed by atoms with van der Waals surface area (Å²) in [5.74, 6) is 0. The number of aliphatic hydroxyl groups is 1. The molecule has 1 atom stereocenters. The number of hydrogen-bond acceptors (Lipinski definition) is 3. The number of β-amino-alcohol motifs (C(OH)–C–C–N with tert-alkyl or cyclic N) is 1. The quantitative estimate of drug-likeness (QED) is 0.852. The molecule has 0 saturated carbocycles. The molecule has 1 saturated heterocycles. The molecule has 0 amide bonds. The summed E-state index contributed by atoms with van der Waals surface area (Å²) in [5.41, 5.74) is 2.31. The first kappa shape index (κ1) is 13.1. The molecule has 1 fully saturated rings. The number of aliphatic hydroxyl groups excluding tert-OH is 1. The van der Waals surface area contributed by atoms with E-state index in [1.165, 1.54) is 14.2 Å². The highest BCUT2D eigenvalue weighted by Gasteiger charge is 2.36. The topological polar surface area (TPSA) is 60.9 Å². The van der Waals surface area contributed by atoms with Crippen molar-refractivity contribution in [2.24, 2.45) is 0 Å². The maximum Gasteiger partial charge on any atom is 0.282 e. The molecule has 0 aliphatic carbocycles. The van der Waals surface area contributed by atoms with Crippen molar-refractivity contribution in [2.45, 2.75) is 25.5 Å². The van der Waals surface area contributed by atoms with Gasteiger partial charge in [-0.15, -0.1) is 0 Å². The molecule has 1 aromatic rings. The zero-order valence-corrected chi connectivity index (χ0v) is 11.5. The smallest absolute Gasteiger partial charge is 0.282 e. The predicted molar refractivity (Wildman–Crippen MR) is 71.7 cm³/mol. The summed E-state index contributed by atoms with van der Waals surface area (Å²) in [4.78, 5) is 0. The first-order valence-electron chi connectivity index (χ1n) is 6.57. The van der Waals surface area contributed by atoms with E-state index in [1.807, 2.05) is 18.2 Å². The molecule has 5 nitrogen and oxygen atoms in total. The SMILES string of the molecule is O=S(=O)(N1CCc2ccccc2C1)N1CCC(O)C1. The van der Waals surface area contributed by atoms with Crippen molar-refractivity contribution in [3.8, 4) is 0 Å². The molecule has 2 heterocycles. The Balaban J connectivity index is 1.81. The van der Waals surface area contributed by atoms with E-state index in [4.69, 9.17) is 0 Å². The van der Waals surface area contributed by atoms with E-state index in [-0.39, 0.29) is 6.54 Å². The zero-order chi connectivity index (χ0) is 13.5. The third-order valence-corrected chi connectivity index (χ3v) is 5.82. The van der Waals surface area contributed by atoms with Crippen LogP contribution in [0.15, 0.2) is 24.3 Å². The maximum atomic E-state index is 12.5. The van der Waals surface area contributed by atoms with Crippen molar-refractivity contribution in [3.63, 3.8) is 0 Å². The van der Waals surface area contributed by atoms with E-state index in [9.17, 15) is 13.5 Å². The van der Waals surface area contributed by atoms with Crippen molar-refractivity contribution in [1.29, 1.82) is 0 Å². The summed E-state index contributed by atoms with van der Waals surface area (Å²) < 4.78 is 27.9. The Morgan fingerprint density at radius 2 is 1.84 bits per heavy atom. The van der Waals surface area contributed by atoms with E-state index in [1.54, 1.807) is 0 Å². The predicted octanol–water partition coefficient (Wildman–Crippen LogP) is 0.356. The van der Waals surface area contributed by atoms with Gasteiger partial charge in [-0.25, -0.2) is 0 Å².